The van der Waals surface area contributed by atoms with Crippen molar-refractivity contribution in [1.29, 1.82) is 0 Å². The summed E-state index contributed by atoms with van der Waals surface area (Å²) >= 11 is 0. The van der Waals surface area contributed by atoms with Crippen molar-refractivity contribution >= 4 is 0 Å². The van der Waals surface area contributed by atoms with Crippen LogP contribution in [0.5, 0.6) is 0 Å². The lowest BCUT2D eigenvalue weighted by molar-refractivity contribution is -0.0440. The molecule has 1 aliphatic heterocycles. The molecule has 4 nitrogen and oxygen atoms in total. The molecule has 4 heteroatoms. The summed E-state index contributed by atoms with van der Waals surface area (Å²) < 4.78 is 11.0. The summed E-state index contributed by atoms with van der Waals surface area (Å²) in [5.41, 5.74) is 0. The van der Waals surface area contributed by atoms with Gasteiger partial charge in [0.05, 0.1) is 18.5 Å². The second-order valence-electron chi connectivity index (χ2n) is 5.76. The Labute approximate surface area is 115 Å². The molecule has 2 heterocycles. The third-order valence-electron chi connectivity index (χ3n) is 3.67. The van der Waals surface area contributed by atoms with Crippen LogP contribution in [0.1, 0.15) is 51.9 Å². The van der Waals surface area contributed by atoms with E-state index < -0.39 is 6.10 Å². The minimum absolute atomic E-state index is 0.252. The van der Waals surface area contributed by atoms with Crippen molar-refractivity contribution in [1.82, 2.24) is 5.32 Å². The molecule has 2 N–H and O–H groups in total. The highest BCUT2D eigenvalue weighted by Crippen LogP contribution is 2.22. The van der Waals surface area contributed by atoms with Crippen molar-refractivity contribution in [3.05, 3.63) is 24.2 Å². The van der Waals surface area contributed by atoms with Gasteiger partial charge in [0.1, 0.15) is 11.9 Å². The lowest BCUT2D eigenvalue weighted by Crippen LogP contribution is -2.45. The summed E-state index contributed by atoms with van der Waals surface area (Å²) in [6.45, 7) is 6.34. The molecule has 1 fully saturated rings. The number of rotatable bonds is 5. The summed E-state index contributed by atoms with van der Waals surface area (Å²) in [5.74, 6) is 0.641. The third kappa shape index (κ3) is 4.34. The smallest absolute Gasteiger partial charge is 0.132 e. The predicted octanol–water partition coefficient (Wildman–Crippen LogP) is 2.64. The topological polar surface area (TPSA) is 54.6 Å². The van der Waals surface area contributed by atoms with Crippen molar-refractivity contribution in [3.63, 3.8) is 0 Å². The molecule has 0 bridgehead atoms. The zero-order chi connectivity index (χ0) is 13.8. The Balaban J connectivity index is 1.79. The van der Waals surface area contributed by atoms with E-state index in [0.29, 0.717) is 30.4 Å². The van der Waals surface area contributed by atoms with Gasteiger partial charge in [0.15, 0.2) is 0 Å². The van der Waals surface area contributed by atoms with Crippen LogP contribution in [0, 0.1) is 0 Å². The highest BCUT2D eigenvalue weighted by Gasteiger charge is 2.26. The Morgan fingerprint density at radius 3 is 2.63 bits per heavy atom. The van der Waals surface area contributed by atoms with Crippen molar-refractivity contribution in [3.8, 4) is 0 Å². The van der Waals surface area contributed by atoms with E-state index in [4.69, 9.17) is 9.15 Å². The summed E-state index contributed by atoms with van der Waals surface area (Å²) in [7, 11) is 0. The molecule has 2 rings (SSSR count). The summed E-state index contributed by atoms with van der Waals surface area (Å²) in [5, 5.41) is 13.6. The first-order valence-electron chi connectivity index (χ1n) is 7.17. The van der Waals surface area contributed by atoms with Gasteiger partial charge in [0, 0.05) is 12.1 Å². The Bertz CT molecular complexity index is 355. The van der Waals surface area contributed by atoms with Crippen LogP contribution in [0.15, 0.2) is 22.8 Å². The highest BCUT2D eigenvalue weighted by molar-refractivity contribution is 5.02. The van der Waals surface area contributed by atoms with E-state index in [1.807, 2.05) is 6.07 Å². The van der Waals surface area contributed by atoms with E-state index >= 15 is 0 Å². The third-order valence-corrected chi connectivity index (χ3v) is 3.67. The lowest BCUT2D eigenvalue weighted by Gasteiger charge is -2.34. The molecule has 108 valence electrons. The maximum atomic E-state index is 10.1. The number of nitrogens with one attached hydrogen (secondary N) is 1. The van der Waals surface area contributed by atoms with Crippen LogP contribution in [0.25, 0.3) is 0 Å². The Morgan fingerprint density at radius 1 is 1.37 bits per heavy atom. The molecule has 0 aromatic carbocycles. The van der Waals surface area contributed by atoms with Gasteiger partial charge < -0.3 is 19.6 Å². The van der Waals surface area contributed by atoms with Crippen LogP contribution in [0.2, 0.25) is 0 Å². The van der Waals surface area contributed by atoms with E-state index in [9.17, 15) is 5.11 Å². The minimum atomic E-state index is -0.535. The Kier molecular flexibility index (Phi) is 5.02. The largest absolute Gasteiger partial charge is 0.467 e. The number of aliphatic hydroxyl groups is 1. The van der Waals surface area contributed by atoms with E-state index in [1.165, 1.54) is 0 Å². The normalized spacial score (nSPS) is 31.1. The predicted molar refractivity (Wildman–Crippen MR) is 73.9 cm³/mol. The fourth-order valence-corrected chi connectivity index (χ4v) is 2.94. The summed E-state index contributed by atoms with van der Waals surface area (Å²) in [4.78, 5) is 0. The SMILES string of the molecule is CC(CC(O)c1ccco1)NC1CC(C)OC(C)C1. The molecule has 0 saturated carbocycles. The van der Waals surface area contributed by atoms with Gasteiger partial charge in [-0.1, -0.05) is 0 Å². The van der Waals surface area contributed by atoms with Crippen LogP contribution in [0.4, 0.5) is 0 Å². The molecule has 4 unspecified atom stereocenters. The molecule has 1 aromatic heterocycles. The van der Waals surface area contributed by atoms with Crippen molar-refractivity contribution in [2.24, 2.45) is 0 Å². The first-order chi connectivity index (χ1) is 9.04. The monoisotopic (exact) mass is 267 g/mol. The Hall–Kier alpha value is -0.840. The molecule has 1 aliphatic rings. The molecule has 19 heavy (non-hydrogen) atoms. The van der Waals surface area contributed by atoms with Crippen LogP contribution < -0.4 is 5.32 Å². The van der Waals surface area contributed by atoms with Gasteiger partial charge in [0.2, 0.25) is 0 Å². The number of ether oxygens (including phenoxy) is 1. The fourth-order valence-electron chi connectivity index (χ4n) is 2.94. The van der Waals surface area contributed by atoms with E-state index in [1.54, 1.807) is 12.3 Å². The van der Waals surface area contributed by atoms with Crippen molar-refractivity contribution in [2.45, 2.75) is 70.4 Å². The van der Waals surface area contributed by atoms with Crippen molar-refractivity contribution in [2.75, 3.05) is 0 Å². The van der Waals surface area contributed by atoms with Gasteiger partial charge in [-0.3, -0.25) is 0 Å². The molecule has 0 radical (unpaired) electrons. The van der Waals surface area contributed by atoms with Crippen molar-refractivity contribution < 1.29 is 14.3 Å². The van der Waals surface area contributed by atoms with E-state index in [0.717, 1.165) is 12.8 Å². The van der Waals surface area contributed by atoms with Crippen LogP contribution >= 0.6 is 0 Å². The second-order valence-corrected chi connectivity index (χ2v) is 5.76. The standard InChI is InChI=1S/C15H25NO3/c1-10(7-14(17)15-5-4-6-18-15)16-13-8-11(2)19-12(3)9-13/h4-6,10-14,16-17H,7-9H2,1-3H3. The fraction of sp³-hybridized carbons (Fsp3) is 0.733. The maximum absolute atomic E-state index is 10.1. The minimum Gasteiger partial charge on any atom is -0.467 e. The number of furan rings is 1. The molecule has 0 aliphatic carbocycles. The highest BCUT2D eigenvalue weighted by atomic mass is 16.5. The Morgan fingerprint density at radius 2 is 2.05 bits per heavy atom. The maximum Gasteiger partial charge on any atom is 0.132 e. The molecule has 1 saturated heterocycles. The second kappa shape index (κ2) is 6.55. The van der Waals surface area contributed by atoms with Gasteiger partial charge in [-0.15, -0.1) is 0 Å². The molecular formula is C15H25NO3. The van der Waals surface area contributed by atoms with Crippen LogP contribution in [0.3, 0.4) is 0 Å². The zero-order valence-corrected chi connectivity index (χ0v) is 12.0. The lowest BCUT2D eigenvalue weighted by atomic mass is 9.98. The summed E-state index contributed by atoms with van der Waals surface area (Å²) in [6, 6.07) is 4.34. The molecular weight excluding hydrogens is 242 g/mol. The first kappa shape index (κ1) is 14.6. The average Bonchev–Trinajstić information content (AvgIpc) is 2.80. The molecule has 1 aromatic rings. The number of hydrogen-bond donors (Lipinski definition) is 2. The van der Waals surface area contributed by atoms with Crippen LogP contribution in [-0.4, -0.2) is 29.4 Å². The molecule has 0 spiro atoms. The summed E-state index contributed by atoms with van der Waals surface area (Å²) in [6.07, 6.45) is 4.41. The van der Waals surface area contributed by atoms with Crippen LogP contribution in [-0.2, 0) is 4.74 Å². The number of aliphatic hydroxyl groups excluding tert-OH is 1. The van der Waals surface area contributed by atoms with Gasteiger partial charge in [-0.05, 0) is 52.2 Å². The average molecular weight is 267 g/mol. The van der Waals surface area contributed by atoms with E-state index in [-0.39, 0.29) is 6.04 Å². The van der Waals surface area contributed by atoms with Gasteiger partial charge in [-0.2, -0.15) is 0 Å². The van der Waals surface area contributed by atoms with Gasteiger partial charge >= 0.3 is 0 Å². The quantitative estimate of drug-likeness (QED) is 0.861. The first-order valence-corrected chi connectivity index (χ1v) is 7.17. The van der Waals surface area contributed by atoms with Gasteiger partial charge in [-0.25, -0.2) is 0 Å². The molecule has 0 amide bonds. The molecule has 4 atom stereocenters. The zero-order valence-electron chi connectivity index (χ0n) is 12.0. The van der Waals surface area contributed by atoms with Gasteiger partial charge in [0.25, 0.3) is 0 Å². The number of hydrogen-bond acceptors (Lipinski definition) is 4. The van der Waals surface area contributed by atoms with E-state index in [2.05, 4.69) is 26.1 Å².